The van der Waals surface area contributed by atoms with Gasteiger partial charge < -0.3 is 11.1 Å². The minimum atomic E-state index is 0.559. The molecule has 1 heterocycles. The molecule has 0 radical (unpaired) electrons. The Hall–Kier alpha value is -2.56. The number of hydrogen-bond acceptors (Lipinski definition) is 5. The SMILES string of the molecule is CCc1cccc(Nc2ccc(N)c3nonc23)c1. The van der Waals surface area contributed by atoms with Crippen LogP contribution in [0.15, 0.2) is 41.0 Å². The van der Waals surface area contributed by atoms with Gasteiger partial charge in [0.25, 0.3) is 0 Å². The van der Waals surface area contributed by atoms with E-state index >= 15 is 0 Å². The van der Waals surface area contributed by atoms with Crippen LogP contribution in [0.5, 0.6) is 0 Å². The monoisotopic (exact) mass is 254 g/mol. The van der Waals surface area contributed by atoms with Gasteiger partial charge in [0.1, 0.15) is 0 Å². The first-order valence-electron chi connectivity index (χ1n) is 6.14. The molecule has 0 spiro atoms. The molecule has 1 aromatic heterocycles. The Morgan fingerprint density at radius 2 is 2.00 bits per heavy atom. The van der Waals surface area contributed by atoms with Crippen molar-refractivity contribution < 1.29 is 4.63 Å². The van der Waals surface area contributed by atoms with Gasteiger partial charge in [0.2, 0.25) is 0 Å². The minimum Gasteiger partial charge on any atom is -0.397 e. The predicted molar refractivity (Wildman–Crippen MR) is 75.3 cm³/mol. The first kappa shape index (κ1) is 11.5. The lowest BCUT2D eigenvalue weighted by atomic mass is 10.1. The van der Waals surface area contributed by atoms with Crippen molar-refractivity contribution in [3.63, 3.8) is 0 Å². The van der Waals surface area contributed by atoms with Gasteiger partial charge in [-0.25, -0.2) is 4.63 Å². The summed E-state index contributed by atoms with van der Waals surface area (Å²) >= 11 is 0. The van der Waals surface area contributed by atoms with E-state index in [2.05, 4.69) is 34.7 Å². The van der Waals surface area contributed by atoms with Crippen molar-refractivity contribution >= 4 is 28.1 Å². The van der Waals surface area contributed by atoms with Gasteiger partial charge in [-0.1, -0.05) is 19.1 Å². The van der Waals surface area contributed by atoms with Gasteiger partial charge >= 0.3 is 0 Å². The molecule has 3 N–H and O–H groups in total. The highest BCUT2D eigenvalue weighted by Gasteiger charge is 2.10. The van der Waals surface area contributed by atoms with Crippen LogP contribution < -0.4 is 11.1 Å². The highest BCUT2D eigenvalue weighted by atomic mass is 16.6. The number of nitrogen functional groups attached to an aromatic ring is 1. The molecule has 0 fully saturated rings. The zero-order valence-corrected chi connectivity index (χ0v) is 10.6. The fourth-order valence-corrected chi connectivity index (χ4v) is 2.01. The molecular formula is C14H14N4O. The Kier molecular flexibility index (Phi) is 2.79. The van der Waals surface area contributed by atoms with Crippen LogP contribution in [0.3, 0.4) is 0 Å². The topological polar surface area (TPSA) is 77.0 Å². The highest BCUT2D eigenvalue weighted by Crippen LogP contribution is 2.28. The van der Waals surface area contributed by atoms with E-state index in [0.717, 1.165) is 17.8 Å². The van der Waals surface area contributed by atoms with Crippen LogP contribution in [-0.2, 0) is 6.42 Å². The quantitative estimate of drug-likeness (QED) is 0.702. The molecule has 2 aromatic carbocycles. The van der Waals surface area contributed by atoms with E-state index in [4.69, 9.17) is 10.4 Å². The number of rotatable bonds is 3. The average molecular weight is 254 g/mol. The molecule has 0 saturated heterocycles. The molecule has 0 aliphatic heterocycles. The summed E-state index contributed by atoms with van der Waals surface area (Å²) in [4.78, 5) is 0. The largest absolute Gasteiger partial charge is 0.397 e. The van der Waals surface area contributed by atoms with Crippen molar-refractivity contribution in [1.82, 2.24) is 10.3 Å². The van der Waals surface area contributed by atoms with E-state index in [-0.39, 0.29) is 0 Å². The third kappa shape index (κ3) is 2.10. The average Bonchev–Trinajstić information content (AvgIpc) is 2.93. The molecule has 5 heteroatoms. The summed E-state index contributed by atoms with van der Waals surface area (Å²) in [7, 11) is 0. The van der Waals surface area contributed by atoms with Crippen LogP contribution in [0, 0.1) is 0 Å². The molecule has 3 aromatic rings. The molecule has 3 rings (SSSR count). The molecule has 0 atom stereocenters. The maximum atomic E-state index is 5.82. The van der Waals surface area contributed by atoms with E-state index in [0.29, 0.717) is 16.7 Å². The highest BCUT2D eigenvalue weighted by molar-refractivity contribution is 5.96. The number of anilines is 3. The second kappa shape index (κ2) is 4.61. The number of aryl methyl sites for hydroxylation is 1. The molecule has 0 aliphatic carbocycles. The maximum absolute atomic E-state index is 5.82. The molecule has 0 saturated carbocycles. The van der Waals surface area contributed by atoms with Gasteiger partial charge in [-0.2, -0.15) is 0 Å². The maximum Gasteiger partial charge on any atom is 0.160 e. The van der Waals surface area contributed by atoms with E-state index < -0.39 is 0 Å². The zero-order chi connectivity index (χ0) is 13.2. The second-order valence-corrected chi connectivity index (χ2v) is 4.34. The van der Waals surface area contributed by atoms with Gasteiger partial charge in [0.05, 0.1) is 11.4 Å². The van der Waals surface area contributed by atoms with Crippen LogP contribution in [0.4, 0.5) is 17.1 Å². The Morgan fingerprint density at radius 1 is 1.16 bits per heavy atom. The summed E-state index contributed by atoms with van der Waals surface area (Å²) in [5.74, 6) is 0. The summed E-state index contributed by atoms with van der Waals surface area (Å²) in [5, 5.41) is 11.0. The van der Waals surface area contributed by atoms with Crippen molar-refractivity contribution in [1.29, 1.82) is 0 Å². The molecule has 0 bridgehead atoms. The Labute approximate surface area is 110 Å². The van der Waals surface area contributed by atoms with Crippen LogP contribution >= 0.6 is 0 Å². The third-order valence-electron chi connectivity index (χ3n) is 3.06. The van der Waals surface area contributed by atoms with E-state index in [1.165, 1.54) is 5.56 Å². The molecule has 0 unspecified atom stereocenters. The lowest BCUT2D eigenvalue weighted by Gasteiger charge is -2.08. The summed E-state index contributed by atoms with van der Waals surface area (Å²) < 4.78 is 4.75. The molecule has 96 valence electrons. The van der Waals surface area contributed by atoms with Crippen LogP contribution in [0.1, 0.15) is 12.5 Å². The molecular weight excluding hydrogens is 240 g/mol. The summed E-state index contributed by atoms with van der Waals surface area (Å²) in [6.45, 7) is 2.13. The zero-order valence-electron chi connectivity index (χ0n) is 10.6. The minimum absolute atomic E-state index is 0.559. The van der Waals surface area contributed by atoms with Gasteiger partial charge in [0, 0.05) is 5.69 Å². The van der Waals surface area contributed by atoms with E-state index in [9.17, 15) is 0 Å². The predicted octanol–water partition coefficient (Wildman–Crippen LogP) is 3.11. The van der Waals surface area contributed by atoms with Crippen molar-refractivity contribution in [3.8, 4) is 0 Å². The number of fused-ring (bicyclic) bond motifs is 1. The van der Waals surface area contributed by atoms with Crippen LogP contribution in [0.2, 0.25) is 0 Å². The summed E-state index contributed by atoms with van der Waals surface area (Å²) in [6, 6.07) is 11.9. The second-order valence-electron chi connectivity index (χ2n) is 4.34. The van der Waals surface area contributed by atoms with Gasteiger partial charge in [-0.3, -0.25) is 0 Å². The first-order chi connectivity index (χ1) is 9.28. The smallest absolute Gasteiger partial charge is 0.160 e. The molecule has 5 nitrogen and oxygen atoms in total. The number of nitrogens with zero attached hydrogens (tertiary/aromatic N) is 2. The normalized spacial score (nSPS) is 10.8. The number of nitrogens with two attached hydrogens (primary N) is 1. The van der Waals surface area contributed by atoms with Crippen molar-refractivity contribution in [2.24, 2.45) is 0 Å². The lowest BCUT2D eigenvalue weighted by molar-refractivity contribution is 0.316. The summed E-state index contributed by atoms with van der Waals surface area (Å²) in [5.41, 5.74) is 10.7. The Balaban J connectivity index is 2.01. The molecule has 0 aliphatic rings. The number of hydrogen-bond donors (Lipinski definition) is 2. The van der Waals surface area contributed by atoms with Crippen LogP contribution in [0.25, 0.3) is 11.0 Å². The molecule has 19 heavy (non-hydrogen) atoms. The van der Waals surface area contributed by atoms with Crippen molar-refractivity contribution in [2.75, 3.05) is 11.1 Å². The fourth-order valence-electron chi connectivity index (χ4n) is 2.01. The lowest BCUT2D eigenvalue weighted by Crippen LogP contribution is -1.94. The van der Waals surface area contributed by atoms with Crippen molar-refractivity contribution in [2.45, 2.75) is 13.3 Å². The Morgan fingerprint density at radius 3 is 2.84 bits per heavy atom. The first-order valence-corrected chi connectivity index (χ1v) is 6.14. The fraction of sp³-hybridized carbons (Fsp3) is 0.143. The number of aromatic nitrogens is 2. The molecule has 0 amide bonds. The van der Waals surface area contributed by atoms with E-state index in [1.807, 2.05) is 18.2 Å². The van der Waals surface area contributed by atoms with E-state index in [1.54, 1.807) is 6.07 Å². The van der Waals surface area contributed by atoms with Gasteiger partial charge in [0.15, 0.2) is 11.0 Å². The number of benzene rings is 2. The van der Waals surface area contributed by atoms with Gasteiger partial charge in [-0.15, -0.1) is 0 Å². The number of nitrogens with one attached hydrogen (secondary N) is 1. The van der Waals surface area contributed by atoms with Crippen molar-refractivity contribution in [3.05, 3.63) is 42.0 Å². The van der Waals surface area contributed by atoms with Crippen LogP contribution in [-0.4, -0.2) is 10.3 Å². The summed E-state index contributed by atoms with van der Waals surface area (Å²) in [6.07, 6.45) is 0.998. The standard InChI is InChI=1S/C14H14N4O/c1-2-9-4-3-5-10(8-9)16-12-7-6-11(15)13-14(12)18-19-17-13/h3-8,16H,2,15H2,1H3. The van der Waals surface area contributed by atoms with Gasteiger partial charge in [-0.05, 0) is 46.6 Å². The Bertz CT molecular complexity index is 720. The third-order valence-corrected chi connectivity index (χ3v) is 3.06.